The number of fused-ring (bicyclic) bond motifs is 2. The maximum absolute atomic E-state index is 9.19. The molecule has 0 unspecified atom stereocenters. The van der Waals surface area contributed by atoms with E-state index in [1.54, 1.807) is 5.56 Å². The minimum absolute atomic E-state index is 0.715. The summed E-state index contributed by atoms with van der Waals surface area (Å²) in [5.41, 5.74) is 4.48. The summed E-state index contributed by atoms with van der Waals surface area (Å²) in [4.78, 5) is 6.29. The first-order chi connectivity index (χ1) is 12.8. The molecule has 1 aliphatic carbocycles. The second-order valence-corrected chi connectivity index (χ2v) is 10.1. The van der Waals surface area contributed by atoms with Crippen molar-refractivity contribution >= 4 is 32.8 Å². The van der Waals surface area contributed by atoms with Crippen LogP contribution in [0, 0.1) is 5.92 Å². The van der Waals surface area contributed by atoms with Crippen molar-refractivity contribution in [2.24, 2.45) is 5.92 Å². The van der Waals surface area contributed by atoms with E-state index in [9.17, 15) is 8.42 Å². The normalized spacial score (nSPS) is 25.0. The number of likely N-dealkylation sites (tertiary alicyclic amines) is 1. The van der Waals surface area contributed by atoms with Gasteiger partial charge in [0.2, 0.25) is 0 Å². The number of nitrogens with one attached hydrogen (secondary N) is 1. The lowest BCUT2D eigenvalue weighted by atomic mass is 9.72. The van der Waals surface area contributed by atoms with Crippen LogP contribution in [0.4, 0.5) is 0 Å². The highest BCUT2D eigenvalue weighted by Crippen LogP contribution is 2.45. The molecule has 0 radical (unpaired) electrons. The van der Waals surface area contributed by atoms with Gasteiger partial charge in [-0.3, -0.25) is 9.45 Å². The number of aromatic nitrogens is 1. The van der Waals surface area contributed by atoms with E-state index < -0.39 is 10.1 Å². The molecule has 150 valence electrons. The lowest BCUT2D eigenvalue weighted by molar-refractivity contribution is 0.0926. The molecule has 1 saturated heterocycles. The third-order valence-electron chi connectivity index (χ3n) is 5.57. The highest BCUT2D eigenvalue weighted by atomic mass is 32.2. The van der Waals surface area contributed by atoms with Crippen LogP contribution >= 0.6 is 11.8 Å². The minimum Gasteiger partial charge on any atom is -0.361 e. The Morgan fingerprint density at radius 3 is 2.78 bits per heavy atom. The van der Waals surface area contributed by atoms with Crippen molar-refractivity contribution in [3.8, 4) is 0 Å². The Balaban J connectivity index is 0.000000376. The highest BCUT2D eigenvalue weighted by molar-refractivity contribution is 7.98. The van der Waals surface area contributed by atoms with Crippen molar-refractivity contribution in [3.05, 3.63) is 35.5 Å². The predicted molar refractivity (Wildman–Crippen MR) is 114 cm³/mol. The number of nitrogens with zero attached hydrogens (tertiary/aromatic N) is 1. The number of rotatable bonds is 4. The van der Waals surface area contributed by atoms with Crippen LogP contribution in [0.15, 0.2) is 24.4 Å². The van der Waals surface area contributed by atoms with Crippen LogP contribution in [0.25, 0.3) is 10.9 Å². The smallest absolute Gasteiger partial charge is 0.261 e. The fourth-order valence-electron chi connectivity index (χ4n) is 4.80. The molecular weight excluding hydrogens is 380 g/mol. The first kappa shape index (κ1) is 20.7. The molecule has 1 aromatic heterocycles. The maximum Gasteiger partial charge on any atom is 0.261 e. The average Bonchev–Trinajstić information content (AvgIpc) is 3.00. The van der Waals surface area contributed by atoms with Crippen LogP contribution in [0.5, 0.6) is 0 Å². The lowest BCUT2D eigenvalue weighted by Gasteiger charge is -2.47. The zero-order valence-electron chi connectivity index (χ0n) is 16.3. The Hall–Kier alpha value is -1.02. The van der Waals surface area contributed by atoms with Gasteiger partial charge in [0, 0.05) is 35.6 Å². The van der Waals surface area contributed by atoms with Gasteiger partial charge in [0.05, 0.1) is 6.26 Å². The van der Waals surface area contributed by atoms with E-state index in [1.807, 2.05) is 11.8 Å². The van der Waals surface area contributed by atoms with E-state index in [1.165, 1.54) is 54.6 Å². The zero-order chi connectivity index (χ0) is 19.6. The number of aromatic amines is 1. The van der Waals surface area contributed by atoms with Crippen molar-refractivity contribution in [3.63, 3.8) is 0 Å². The molecule has 27 heavy (non-hydrogen) atoms. The van der Waals surface area contributed by atoms with Gasteiger partial charge in [-0.15, -0.1) is 0 Å². The summed E-state index contributed by atoms with van der Waals surface area (Å²) >= 11 is 2.01. The lowest BCUT2D eigenvalue weighted by Crippen LogP contribution is -2.50. The third kappa shape index (κ3) is 4.88. The molecule has 5 nitrogen and oxygen atoms in total. The maximum atomic E-state index is 9.19. The van der Waals surface area contributed by atoms with E-state index in [-0.39, 0.29) is 0 Å². The Labute approximate surface area is 166 Å². The van der Waals surface area contributed by atoms with Crippen LogP contribution < -0.4 is 0 Å². The fraction of sp³-hybridized carbons (Fsp3) is 0.600. The first-order valence-electron chi connectivity index (χ1n) is 9.56. The van der Waals surface area contributed by atoms with Gasteiger partial charge in [-0.1, -0.05) is 19.1 Å². The number of piperidine rings is 1. The summed E-state index contributed by atoms with van der Waals surface area (Å²) < 4.78 is 25.9. The quantitative estimate of drug-likeness (QED) is 0.751. The standard InChI is InChI=1S/C19H26N2S.CH4O3S/c1-3-7-21-11-13(12-22-2)8-16-15-5-4-6-17-19(15)14(10-20-17)9-18(16)21;1-5(2,3)4/h4-6,10,13,16,18,20H,3,7-9,11-12H2,1-2H3;1H3,(H,2,3,4)/t13-,16-,18+;/m1./s1. The molecule has 2 heterocycles. The number of benzene rings is 1. The van der Waals surface area contributed by atoms with Crippen molar-refractivity contribution in [1.82, 2.24) is 9.88 Å². The zero-order valence-corrected chi connectivity index (χ0v) is 17.9. The topological polar surface area (TPSA) is 73.4 Å². The van der Waals surface area contributed by atoms with Gasteiger partial charge in [0.25, 0.3) is 10.1 Å². The van der Waals surface area contributed by atoms with Gasteiger partial charge in [0.15, 0.2) is 0 Å². The molecule has 3 atom stereocenters. The average molecular weight is 411 g/mol. The molecule has 1 aromatic carbocycles. The Morgan fingerprint density at radius 1 is 1.37 bits per heavy atom. The molecule has 0 saturated carbocycles. The highest BCUT2D eigenvalue weighted by Gasteiger charge is 2.40. The number of hydrogen-bond donors (Lipinski definition) is 2. The van der Waals surface area contributed by atoms with E-state index in [0.29, 0.717) is 12.3 Å². The van der Waals surface area contributed by atoms with Crippen molar-refractivity contribution in [2.75, 3.05) is 31.4 Å². The largest absolute Gasteiger partial charge is 0.361 e. The molecule has 7 heteroatoms. The molecule has 2 aromatic rings. The predicted octanol–water partition coefficient (Wildman–Crippen LogP) is 3.78. The van der Waals surface area contributed by atoms with Crippen LogP contribution in [-0.4, -0.2) is 60.3 Å². The summed E-state index contributed by atoms with van der Waals surface area (Å²) in [6.07, 6.45) is 9.08. The summed E-state index contributed by atoms with van der Waals surface area (Å²) in [6.45, 7) is 4.87. The van der Waals surface area contributed by atoms with Crippen LogP contribution in [-0.2, 0) is 16.5 Å². The molecular formula is C20H30N2O3S2. The Bertz CT molecular complexity index is 870. The molecule has 0 bridgehead atoms. The van der Waals surface area contributed by atoms with E-state index in [2.05, 4.69) is 47.5 Å². The second kappa shape index (κ2) is 8.55. The van der Waals surface area contributed by atoms with E-state index in [0.717, 1.165) is 11.8 Å². The fourth-order valence-corrected chi connectivity index (χ4v) is 5.51. The van der Waals surface area contributed by atoms with Gasteiger partial charge in [-0.05, 0) is 60.9 Å². The third-order valence-corrected chi connectivity index (χ3v) is 6.38. The van der Waals surface area contributed by atoms with Crippen LogP contribution in [0.2, 0.25) is 0 Å². The van der Waals surface area contributed by atoms with Crippen LogP contribution in [0.1, 0.15) is 36.8 Å². The van der Waals surface area contributed by atoms with Gasteiger partial charge in [0.1, 0.15) is 0 Å². The Morgan fingerprint density at radius 2 is 2.11 bits per heavy atom. The molecule has 1 fully saturated rings. The van der Waals surface area contributed by atoms with E-state index >= 15 is 0 Å². The van der Waals surface area contributed by atoms with Gasteiger partial charge >= 0.3 is 0 Å². The second-order valence-electron chi connectivity index (χ2n) is 7.75. The molecule has 4 rings (SSSR count). The molecule has 2 aliphatic rings. The number of hydrogen-bond acceptors (Lipinski definition) is 4. The van der Waals surface area contributed by atoms with Gasteiger partial charge in [-0.25, -0.2) is 0 Å². The number of H-pyrrole nitrogens is 1. The van der Waals surface area contributed by atoms with E-state index in [4.69, 9.17) is 4.55 Å². The van der Waals surface area contributed by atoms with Crippen molar-refractivity contribution < 1.29 is 13.0 Å². The summed E-state index contributed by atoms with van der Waals surface area (Å²) in [7, 11) is -3.67. The van der Waals surface area contributed by atoms with Gasteiger partial charge in [-0.2, -0.15) is 20.2 Å². The van der Waals surface area contributed by atoms with Crippen molar-refractivity contribution in [2.45, 2.75) is 38.1 Å². The number of thioether (sulfide) groups is 1. The molecule has 1 aliphatic heterocycles. The Kier molecular flexibility index (Phi) is 6.56. The summed E-state index contributed by atoms with van der Waals surface area (Å²) in [5.74, 6) is 2.88. The van der Waals surface area contributed by atoms with Crippen LogP contribution in [0.3, 0.4) is 0 Å². The summed E-state index contributed by atoms with van der Waals surface area (Å²) in [5, 5.41) is 1.53. The SMILES string of the molecule is CCCN1C[C@H](CSC)C[C@@H]2c3cccc4[nH]cc(c34)C[C@@H]21.CS(=O)(=O)O. The van der Waals surface area contributed by atoms with Crippen molar-refractivity contribution in [1.29, 1.82) is 0 Å². The first-order valence-corrected chi connectivity index (χ1v) is 12.8. The monoisotopic (exact) mass is 410 g/mol. The van der Waals surface area contributed by atoms with Gasteiger partial charge < -0.3 is 4.98 Å². The molecule has 0 spiro atoms. The molecule has 0 amide bonds. The minimum atomic E-state index is -3.67. The summed E-state index contributed by atoms with van der Waals surface area (Å²) in [6, 6.07) is 7.58. The molecule has 2 N–H and O–H groups in total.